The molecule has 0 amide bonds. The largest absolute Gasteiger partial charge is 0.493 e. The van der Waals surface area contributed by atoms with Crippen molar-refractivity contribution in [3.05, 3.63) is 58.2 Å². The van der Waals surface area contributed by atoms with Gasteiger partial charge in [-0.3, -0.25) is 4.79 Å². The number of H-pyrrole nitrogens is 1. The van der Waals surface area contributed by atoms with E-state index in [1.54, 1.807) is 6.92 Å². The maximum absolute atomic E-state index is 12.9. The summed E-state index contributed by atoms with van der Waals surface area (Å²) in [6, 6.07) is 10.4. The summed E-state index contributed by atoms with van der Waals surface area (Å²) >= 11 is 6.14. The van der Waals surface area contributed by atoms with Crippen molar-refractivity contribution in [1.82, 2.24) is 4.98 Å². The van der Waals surface area contributed by atoms with E-state index in [9.17, 15) is 9.59 Å². The lowest BCUT2D eigenvalue weighted by Crippen LogP contribution is -2.25. The van der Waals surface area contributed by atoms with Gasteiger partial charge in [0.05, 0.1) is 24.8 Å². The van der Waals surface area contributed by atoms with Crippen LogP contribution >= 0.6 is 11.6 Å². The molecule has 1 N–H and O–H groups in total. The summed E-state index contributed by atoms with van der Waals surface area (Å²) in [5.41, 5.74) is 2.26. The Morgan fingerprint density at radius 2 is 1.82 bits per heavy atom. The number of Topliss-reactive ketones (excluding diaryl/α,β-unsaturated/α-hetero) is 1. The van der Waals surface area contributed by atoms with Crippen LogP contribution in [0.3, 0.4) is 0 Å². The van der Waals surface area contributed by atoms with E-state index in [-0.39, 0.29) is 16.4 Å². The Bertz CT molecular complexity index is 1060. The second-order valence-corrected chi connectivity index (χ2v) is 6.68. The van der Waals surface area contributed by atoms with Crippen LogP contribution in [0.25, 0.3) is 10.9 Å². The molecule has 28 heavy (non-hydrogen) atoms. The first-order chi connectivity index (χ1) is 13.4. The van der Waals surface area contributed by atoms with E-state index in [4.69, 9.17) is 25.8 Å². The second-order valence-electron chi connectivity index (χ2n) is 6.28. The van der Waals surface area contributed by atoms with Crippen molar-refractivity contribution in [2.75, 3.05) is 14.2 Å². The zero-order chi connectivity index (χ0) is 20.4. The Morgan fingerprint density at radius 1 is 1.11 bits per heavy atom. The molecule has 1 atom stereocenters. The van der Waals surface area contributed by atoms with Gasteiger partial charge in [-0.2, -0.15) is 0 Å². The molecule has 0 aliphatic heterocycles. The molecule has 0 bridgehead atoms. The number of benzene rings is 2. The number of ketones is 1. The highest BCUT2D eigenvalue weighted by Crippen LogP contribution is 2.36. The summed E-state index contributed by atoms with van der Waals surface area (Å²) in [6.45, 7) is 3.36. The van der Waals surface area contributed by atoms with Crippen LogP contribution in [-0.2, 0) is 4.74 Å². The van der Waals surface area contributed by atoms with E-state index >= 15 is 0 Å². The summed E-state index contributed by atoms with van der Waals surface area (Å²) in [7, 11) is 2.89. The van der Waals surface area contributed by atoms with E-state index in [2.05, 4.69) is 4.98 Å². The monoisotopic (exact) mass is 401 g/mol. The van der Waals surface area contributed by atoms with Crippen LogP contribution in [0.2, 0.25) is 5.02 Å². The number of hydrogen-bond donors (Lipinski definition) is 1. The van der Waals surface area contributed by atoms with Crippen LogP contribution in [0.5, 0.6) is 11.5 Å². The van der Waals surface area contributed by atoms with Gasteiger partial charge in [-0.15, -0.1) is 0 Å². The zero-order valence-corrected chi connectivity index (χ0v) is 16.7. The van der Waals surface area contributed by atoms with Crippen molar-refractivity contribution in [2.45, 2.75) is 20.0 Å². The summed E-state index contributed by atoms with van der Waals surface area (Å²) in [5, 5.41) is 1.00. The van der Waals surface area contributed by atoms with Gasteiger partial charge < -0.3 is 19.2 Å². The standard InChI is InChI=1S/C21H20ClNO5/c1-11-18(14-7-5-6-8-16(14)23-11)19(24)12(2)28-21(25)13-9-15(22)20(27-4)17(10-13)26-3/h5-10,12,23H,1-4H3/t12-/m0/s1. The molecule has 1 heterocycles. The van der Waals surface area contributed by atoms with Gasteiger partial charge in [0, 0.05) is 22.2 Å². The molecule has 0 fully saturated rings. The SMILES string of the molecule is COc1cc(C(=O)O[C@@H](C)C(=O)c2c(C)[nH]c3ccccc23)cc(Cl)c1OC. The number of nitrogens with one attached hydrogen (secondary N) is 1. The molecule has 146 valence electrons. The Kier molecular flexibility index (Phi) is 5.61. The lowest BCUT2D eigenvalue weighted by atomic mass is 10.0. The summed E-state index contributed by atoms with van der Waals surface area (Å²) in [5.74, 6) is -0.344. The lowest BCUT2D eigenvalue weighted by molar-refractivity contribution is 0.0318. The van der Waals surface area contributed by atoms with Gasteiger partial charge in [0.1, 0.15) is 0 Å². The maximum atomic E-state index is 12.9. The minimum absolute atomic E-state index is 0.165. The number of fused-ring (bicyclic) bond motifs is 1. The number of ether oxygens (including phenoxy) is 3. The maximum Gasteiger partial charge on any atom is 0.339 e. The van der Waals surface area contributed by atoms with Gasteiger partial charge >= 0.3 is 5.97 Å². The first-order valence-corrected chi connectivity index (χ1v) is 8.99. The number of esters is 1. The van der Waals surface area contributed by atoms with E-state index in [1.807, 2.05) is 31.2 Å². The quantitative estimate of drug-likeness (QED) is 0.483. The number of para-hydroxylation sites is 1. The van der Waals surface area contributed by atoms with Crippen LogP contribution in [0.1, 0.15) is 33.3 Å². The molecular formula is C21H20ClNO5. The normalized spacial score (nSPS) is 11.9. The number of carbonyl (C=O) groups is 2. The number of halogens is 1. The molecule has 7 heteroatoms. The summed E-state index contributed by atoms with van der Waals surface area (Å²) < 4.78 is 15.7. The van der Waals surface area contributed by atoms with Crippen molar-refractivity contribution in [1.29, 1.82) is 0 Å². The number of rotatable bonds is 6. The van der Waals surface area contributed by atoms with Gasteiger partial charge in [0.2, 0.25) is 5.78 Å². The van der Waals surface area contributed by atoms with Gasteiger partial charge in [-0.1, -0.05) is 29.8 Å². The average Bonchev–Trinajstić information content (AvgIpc) is 3.02. The number of methoxy groups -OCH3 is 2. The first kappa shape index (κ1) is 19.8. The summed E-state index contributed by atoms with van der Waals surface area (Å²) in [4.78, 5) is 28.7. The fourth-order valence-corrected chi connectivity index (χ4v) is 3.40. The zero-order valence-electron chi connectivity index (χ0n) is 16.0. The van der Waals surface area contributed by atoms with E-state index in [0.29, 0.717) is 17.1 Å². The molecule has 0 unspecified atom stereocenters. The van der Waals surface area contributed by atoms with Gasteiger partial charge in [-0.25, -0.2) is 4.79 Å². The Labute approximate surface area is 167 Å². The van der Waals surface area contributed by atoms with Crippen molar-refractivity contribution in [3.8, 4) is 11.5 Å². The van der Waals surface area contributed by atoms with Crippen molar-refractivity contribution >= 4 is 34.3 Å². The van der Waals surface area contributed by atoms with Crippen molar-refractivity contribution in [3.63, 3.8) is 0 Å². The van der Waals surface area contributed by atoms with Gasteiger partial charge in [-0.05, 0) is 32.0 Å². The molecule has 3 rings (SSSR count). The number of aromatic amines is 1. The van der Waals surface area contributed by atoms with Crippen molar-refractivity contribution in [2.24, 2.45) is 0 Å². The fraction of sp³-hybridized carbons (Fsp3) is 0.238. The first-order valence-electron chi connectivity index (χ1n) is 8.61. The molecule has 3 aromatic rings. The molecule has 0 saturated carbocycles. The molecule has 0 saturated heterocycles. The third-order valence-electron chi connectivity index (χ3n) is 4.46. The van der Waals surface area contributed by atoms with Gasteiger partial charge in [0.15, 0.2) is 17.6 Å². The summed E-state index contributed by atoms with van der Waals surface area (Å²) in [6.07, 6.45) is -0.975. The number of aromatic nitrogens is 1. The highest BCUT2D eigenvalue weighted by Gasteiger charge is 2.25. The van der Waals surface area contributed by atoms with Gasteiger partial charge in [0.25, 0.3) is 0 Å². The van der Waals surface area contributed by atoms with Crippen LogP contribution in [0.15, 0.2) is 36.4 Å². The predicted octanol–water partition coefficient (Wildman–Crippen LogP) is 4.58. The minimum atomic E-state index is -0.975. The molecular weight excluding hydrogens is 382 g/mol. The molecule has 0 radical (unpaired) electrons. The van der Waals surface area contributed by atoms with E-state index in [1.165, 1.54) is 26.4 Å². The highest BCUT2D eigenvalue weighted by molar-refractivity contribution is 6.32. The molecule has 6 nitrogen and oxygen atoms in total. The predicted molar refractivity (Wildman–Crippen MR) is 107 cm³/mol. The highest BCUT2D eigenvalue weighted by atomic mass is 35.5. The third kappa shape index (κ3) is 3.55. The smallest absolute Gasteiger partial charge is 0.339 e. The molecule has 0 spiro atoms. The molecule has 1 aromatic heterocycles. The Balaban J connectivity index is 1.85. The molecule has 0 aliphatic carbocycles. The molecule has 2 aromatic carbocycles. The average molecular weight is 402 g/mol. The fourth-order valence-electron chi connectivity index (χ4n) is 3.12. The van der Waals surface area contributed by atoms with Crippen LogP contribution in [-0.4, -0.2) is 37.1 Å². The second kappa shape index (κ2) is 7.94. The Morgan fingerprint density at radius 3 is 2.50 bits per heavy atom. The Hall–Kier alpha value is -2.99. The number of hydrogen-bond acceptors (Lipinski definition) is 5. The van der Waals surface area contributed by atoms with Crippen LogP contribution < -0.4 is 9.47 Å². The third-order valence-corrected chi connectivity index (χ3v) is 4.74. The topological polar surface area (TPSA) is 77.6 Å². The lowest BCUT2D eigenvalue weighted by Gasteiger charge is -2.15. The van der Waals surface area contributed by atoms with E-state index in [0.717, 1.165) is 16.6 Å². The molecule has 0 aliphatic rings. The minimum Gasteiger partial charge on any atom is -0.493 e. The van der Waals surface area contributed by atoms with Crippen molar-refractivity contribution < 1.29 is 23.8 Å². The number of aryl methyl sites for hydroxylation is 1. The number of carbonyl (C=O) groups excluding carboxylic acids is 2. The van der Waals surface area contributed by atoms with Crippen LogP contribution in [0.4, 0.5) is 0 Å². The van der Waals surface area contributed by atoms with E-state index < -0.39 is 12.1 Å². The van der Waals surface area contributed by atoms with Crippen LogP contribution in [0, 0.1) is 6.92 Å².